The van der Waals surface area contributed by atoms with Gasteiger partial charge >= 0.3 is 5.97 Å². The molecule has 0 aromatic heterocycles. The number of carboxylic acids is 1. The van der Waals surface area contributed by atoms with Crippen LogP contribution in [-0.2, 0) is 4.79 Å². The fourth-order valence-corrected chi connectivity index (χ4v) is 1.41. The average Bonchev–Trinajstić information content (AvgIpc) is 2.26. The summed E-state index contributed by atoms with van der Waals surface area (Å²) in [5.74, 6) is -1.44. The van der Waals surface area contributed by atoms with Crippen LogP contribution in [0.4, 0.5) is 5.69 Å². The molecule has 0 saturated carbocycles. The monoisotopic (exact) mass is 250 g/mol. The van der Waals surface area contributed by atoms with Gasteiger partial charge in [-0.15, -0.1) is 0 Å². The van der Waals surface area contributed by atoms with Crippen LogP contribution in [0.2, 0.25) is 0 Å². The number of benzene rings is 1. The summed E-state index contributed by atoms with van der Waals surface area (Å²) < 4.78 is 0. The van der Waals surface area contributed by atoms with E-state index < -0.39 is 17.3 Å². The number of aryl methyl sites for hydroxylation is 1. The molecule has 0 radical (unpaired) electrons. The van der Waals surface area contributed by atoms with Gasteiger partial charge in [-0.25, -0.2) is 0 Å². The molecule has 0 heterocycles. The van der Waals surface area contributed by atoms with Crippen molar-refractivity contribution in [2.24, 2.45) is 11.1 Å². The van der Waals surface area contributed by atoms with Crippen molar-refractivity contribution in [2.75, 3.05) is 11.9 Å². The van der Waals surface area contributed by atoms with Crippen molar-refractivity contribution < 1.29 is 14.7 Å². The number of carbonyl (C=O) groups excluding carboxylic acids is 1. The number of hydrogen-bond acceptors (Lipinski definition) is 3. The molecule has 5 heteroatoms. The molecule has 4 N–H and O–H groups in total. The van der Waals surface area contributed by atoms with Crippen molar-refractivity contribution in [2.45, 2.75) is 20.8 Å². The number of primary amides is 1. The first-order valence-electron chi connectivity index (χ1n) is 5.62. The van der Waals surface area contributed by atoms with Crippen LogP contribution < -0.4 is 11.1 Å². The molecular formula is C13H18N2O3. The van der Waals surface area contributed by atoms with E-state index in [2.05, 4.69) is 5.32 Å². The summed E-state index contributed by atoms with van der Waals surface area (Å²) in [4.78, 5) is 22.3. The summed E-state index contributed by atoms with van der Waals surface area (Å²) >= 11 is 0. The van der Waals surface area contributed by atoms with Gasteiger partial charge in [-0.2, -0.15) is 0 Å². The summed E-state index contributed by atoms with van der Waals surface area (Å²) in [5.41, 5.74) is 6.25. The Morgan fingerprint density at radius 1 is 1.39 bits per heavy atom. The lowest BCUT2D eigenvalue weighted by Gasteiger charge is -2.21. The number of hydrogen-bond donors (Lipinski definition) is 3. The zero-order chi connectivity index (χ0) is 13.9. The van der Waals surface area contributed by atoms with Gasteiger partial charge in [0.15, 0.2) is 0 Å². The summed E-state index contributed by atoms with van der Waals surface area (Å²) in [6.45, 7) is 5.33. The lowest BCUT2D eigenvalue weighted by Crippen LogP contribution is -2.32. The van der Waals surface area contributed by atoms with Crippen LogP contribution in [0.25, 0.3) is 0 Å². The number of aliphatic carboxylic acids is 1. The Morgan fingerprint density at radius 2 is 2.00 bits per heavy atom. The average molecular weight is 250 g/mol. The molecule has 0 atom stereocenters. The number of anilines is 1. The van der Waals surface area contributed by atoms with E-state index in [0.717, 1.165) is 5.56 Å². The molecule has 5 nitrogen and oxygen atoms in total. The number of nitrogens with one attached hydrogen (secondary N) is 1. The van der Waals surface area contributed by atoms with E-state index in [1.165, 1.54) is 0 Å². The molecule has 0 bridgehead atoms. The van der Waals surface area contributed by atoms with Crippen LogP contribution in [0, 0.1) is 12.3 Å². The highest BCUT2D eigenvalue weighted by Crippen LogP contribution is 2.21. The predicted molar refractivity (Wildman–Crippen MR) is 69.6 cm³/mol. The number of amides is 1. The molecule has 0 aliphatic heterocycles. The van der Waals surface area contributed by atoms with Crippen molar-refractivity contribution in [3.8, 4) is 0 Å². The van der Waals surface area contributed by atoms with Gasteiger partial charge < -0.3 is 16.2 Å². The van der Waals surface area contributed by atoms with Crippen molar-refractivity contribution >= 4 is 17.6 Å². The maximum atomic E-state index is 11.3. The molecule has 18 heavy (non-hydrogen) atoms. The summed E-state index contributed by atoms with van der Waals surface area (Å²) in [6, 6.07) is 5.19. The first kappa shape index (κ1) is 14.0. The quantitative estimate of drug-likeness (QED) is 0.740. The molecule has 0 aliphatic rings. The highest BCUT2D eigenvalue weighted by Gasteiger charge is 2.27. The third-order valence-corrected chi connectivity index (χ3v) is 2.74. The molecule has 1 rings (SSSR count). The second-order valence-electron chi connectivity index (χ2n) is 4.96. The fourth-order valence-electron chi connectivity index (χ4n) is 1.41. The van der Waals surface area contributed by atoms with E-state index >= 15 is 0 Å². The molecule has 1 aromatic carbocycles. The van der Waals surface area contributed by atoms with Gasteiger partial charge in [-0.3, -0.25) is 9.59 Å². The van der Waals surface area contributed by atoms with Crippen LogP contribution >= 0.6 is 0 Å². The molecule has 1 amide bonds. The van der Waals surface area contributed by atoms with Gasteiger partial charge in [0.1, 0.15) is 0 Å². The van der Waals surface area contributed by atoms with Gasteiger partial charge in [0.25, 0.3) is 5.91 Å². The largest absolute Gasteiger partial charge is 0.481 e. The smallest absolute Gasteiger partial charge is 0.310 e. The van der Waals surface area contributed by atoms with E-state index in [1.807, 2.05) is 6.92 Å². The Bertz CT molecular complexity index is 481. The van der Waals surface area contributed by atoms with Crippen LogP contribution in [0.5, 0.6) is 0 Å². The van der Waals surface area contributed by atoms with Gasteiger partial charge in [-0.05, 0) is 38.5 Å². The Labute approximate surface area is 106 Å². The maximum absolute atomic E-state index is 11.3. The van der Waals surface area contributed by atoms with Crippen LogP contribution in [0.3, 0.4) is 0 Å². The minimum absolute atomic E-state index is 0.214. The Balaban J connectivity index is 2.94. The molecule has 0 spiro atoms. The van der Waals surface area contributed by atoms with Crippen LogP contribution in [0.1, 0.15) is 29.8 Å². The molecule has 0 saturated heterocycles. The van der Waals surface area contributed by atoms with E-state index in [4.69, 9.17) is 10.8 Å². The SMILES string of the molecule is Cc1ccc(C(N)=O)c(NCC(C)(C)C(=O)O)c1. The fraction of sp³-hybridized carbons (Fsp3) is 0.385. The van der Waals surface area contributed by atoms with Gasteiger partial charge in [0.05, 0.1) is 11.0 Å². The lowest BCUT2D eigenvalue weighted by atomic mass is 9.93. The Hall–Kier alpha value is -2.04. The number of carboxylic acid groups (broad SMARTS) is 1. The van der Waals surface area contributed by atoms with Crippen molar-refractivity contribution in [1.82, 2.24) is 0 Å². The third-order valence-electron chi connectivity index (χ3n) is 2.74. The van der Waals surface area contributed by atoms with Crippen molar-refractivity contribution in [1.29, 1.82) is 0 Å². The van der Waals surface area contributed by atoms with Crippen molar-refractivity contribution in [3.05, 3.63) is 29.3 Å². The normalized spacial score (nSPS) is 11.1. The van der Waals surface area contributed by atoms with Gasteiger partial charge in [-0.1, -0.05) is 6.07 Å². The van der Waals surface area contributed by atoms with Crippen LogP contribution in [-0.4, -0.2) is 23.5 Å². The van der Waals surface area contributed by atoms with E-state index in [-0.39, 0.29) is 6.54 Å². The third kappa shape index (κ3) is 3.23. The van der Waals surface area contributed by atoms with Crippen molar-refractivity contribution in [3.63, 3.8) is 0 Å². The van der Waals surface area contributed by atoms with E-state index in [0.29, 0.717) is 11.3 Å². The second-order valence-corrected chi connectivity index (χ2v) is 4.96. The molecule has 1 aromatic rings. The first-order valence-corrected chi connectivity index (χ1v) is 5.62. The van der Waals surface area contributed by atoms with Crippen LogP contribution in [0.15, 0.2) is 18.2 Å². The van der Waals surface area contributed by atoms with E-state index in [9.17, 15) is 9.59 Å². The second kappa shape index (κ2) is 5.08. The molecule has 0 aliphatic carbocycles. The van der Waals surface area contributed by atoms with Gasteiger partial charge in [0, 0.05) is 12.2 Å². The molecular weight excluding hydrogens is 232 g/mol. The molecule has 0 fully saturated rings. The lowest BCUT2D eigenvalue weighted by molar-refractivity contribution is -0.146. The molecule has 98 valence electrons. The minimum atomic E-state index is -0.918. The summed E-state index contributed by atoms with van der Waals surface area (Å²) in [5, 5.41) is 12.0. The zero-order valence-electron chi connectivity index (χ0n) is 10.8. The Kier molecular flexibility index (Phi) is 3.96. The predicted octanol–water partition coefficient (Wildman–Crippen LogP) is 1.62. The summed E-state index contributed by atoms with van der Waals surface area (Å²) in [7, 11) is 0. The number of carbonyl (C=O) groups is 2. The molecule has 0 unspecified atom stereocenters. The first-order chi connectivity index (χ1) is 8.24. The highest BCUT2D eigenvalue weighted by molar-refractivity contribution is 5.98. The maximum Gasteiger partial charge on any atom is 0.310 e. The summed E-state index contributed by atoms with van der Waals surface area (Å²) in [6.07, 6.45) is 0. The minimum Gasteiger partial charge on any atom is -0.481 e. The topological polar surface area (TPSA) is 92.4 Å². The standard InChI is InChI=1S/C13H18N2O3/c1-8-4-5-9(11(14)16)10(6-8)15-7-13(2,3)12(17)18/h4-6,15H,7H2,1-3H3,(H2,14,16)(H,17,18). The van der Waals surface area contributed by atoms with Gasteiger partial charge in [0.2, 0.25) is 0 Å². The zero-order valence-corrected chi connectivity index (χ0v) is 10.8. The number of rotatable bonds is 5. The highest BCUT2D eigenvalue weighted by atomic mass is 16.4. The number of nitrogens with two attached hydrogens (primary N) is 1. The van der Waals surface area contributed by atoms with E-state index in [1.54, 1.807) is 32.0 Å². The Morgan fingerprint density at radius 3 is 2.50 bits per heavy atom.